The summed E-state index contributed by atoms with van der Waals surface area (Å²) in [5.41, 5.74) is 2.52. The fourth-order valence-corrected chi connectivity index (χ4v) is 2.23. The summed E-state index contributed by atoms with van der Waals surface area (Å²) in [6.07, 6.45) is -2.80. The Balaban J connectivity index is 2.51. The minimum Gasteiger partial charge on any atom is -0.352 e. The molecule has 114 valence electrons. The number of rotatable bonds is 2. The molecule has 0 fully saturated rings. The van der Waals surface area contributed by atoms with E-state index in [1.165, 1.54) is 12.1 Å². The number of hydrogen-bond donors (Lipinski definition) is 0. The maximum absolute atomic E-state index is 12.8. The molecule has 22 heavy (non-hydrogen) atoms. The van der Waals surface area contributed by atoms with Gasteiger partial charge in [0.15, 0.2) is 0 Å². The van der Waals surface area contributed by atoms with Gasteiger partial charge in [-0.15, -0.1) is 0 Å². The first kappa shape index (κ1) is 15.9. The lowest BCUT2D eigenvalue weighted by Gasteiger charge is -2.08. The van der Waals surface area contributed by atoms with Crippen LogP contribution in [0.5, 0.6) is 0 Å². The Morgan fingerprint density at radius 2 is 1.91 bits per heavy atom. The molecule has 0 atom stereocenters. The summed E-state index contributed by atoms with van der Waals surface area (Å²) in [5.74, 6) is 0. The molecular formula is C17H15F3N2. The fourth-order valence-electron chi connectivity index (χ4n) is 2.23. The summed E-state index contributed by atoms with van der Waals surface area (Å²) in [6.45, 7) is 3.83. The molecule has 0 aliphatic rings. The van der Waals surface area contributed by atoms with Gasteiger partial charge in [0.2, 0.25) is 0 Å². The highest BCUT2D eigenvalue weighted by Crippen LogP contribution is 2.31. The molecule has 0 spiro atoms. The number of aryl methyl sites for hydroxylation is 1. The first-order valence-corrected chi connectivity index (χ1v) is 6.66. The zero-order chi connectivity index (χ0) is 16.5. The van der Waals surface area contributed by atoms with Crippen LogP contribution in [0.25, 0.3) is 11.6 Å². The Bertz CT molecular complexity index is 774. The Morgan fingerprint density at radius 1 is 1.23 bits per heavy atom. The number of alkyl halides is 3. The van der Waals surface area contributed by atoms with Crippen molar-refractivity contribution in [2.75, 3.05) is 0 Å². The van der Waals surface area contributed by atoms with Gasteiger partial charge in [0, 0.05) is 18.4 Å². The standard InChI is InChI=1S/C17H15F3N2/c1-11-7-14(12(2)22(11)3)8-15(10-21)13-5-4-6-16(9-13)17(18,19)20/h4-9H,1-3H3/b15-8+. The average molecular weight is 304 g/mol. The number of hydrogen-bond acceptors (Lipinski definition) is 1. The van der Waals surface area contributed by atoms with Crippen LogP contribution in [0.1, 0.15) is 28.1 Å². The molecule has 2 rings (SSSR count). The number of nitrogens with zero attached hydrogens (tertiary/aromatic N) is 2. The van der Waals surface area contributed by atoms with Crippen molar-refractivity contribution in [1.29, 1.82) is 5.26 Å². The van der Waals surface area contributed by atoms with Crippen molar-refractivity contribution in [2.45, 2.75) is 20.0 Å². The van der Waals surface area contributed by atoms with E-state index in [0.29, 0.717) is 0 Å². The van der Waals surface area contributed by atoms with Crippen molar-refractivity contribution in [3.63, 3.8) is 0 Å². The van der Waals surface area contributed by atoms with E-state index in [1.54, 1.807) is 6.08 Å². The quantitative estimate of drug-likeness (QED) is 0.738. The second kappa shape index (κ2) is 5.72. The number of allylic oxidation sites excluding steroid dienone is 1. The molecule has 2 aromatic rings. The van der Waals surface area contributed by atoms with Gasteiger partial charge in [-0.05, 0) is 49.2 Å². The molecule has 0 aliphatic carbocycles. The van der Waals surface area contributed by atoms with Crippen LogP contribution in [0.3, 0.4) is 0 Å². The van der Waals surface area contributed by atoms with Crippen molar-refractivity contribution >= 4 is 11.6 Å². The number of nitriles is 1. The largest absolute Gasteiger partial charge is 0.416 e. The summed E-state index contributed by atoms with van der Waals surface area (Å²) < 4.78 is 40.3. The van der Waals surface area contributed by atoms with Crippen LogP contribution in [0.4, 0.5) is 13.2 Å². The van der Waals surface area contributed by atoms with E-state index in [-0.39, 0.29) is 11.1 Å². The lowest BCUT2D eigenvalue weighted by atomic mass is 10.0. The number of halogens is 3. The fraction of sp³-hybridized carbons (Fsp3) is 0.235. The highest BCUT2D eigenvalue weighted by Gasteiger charge is 2.30. The third-order valence-corrected chi connectivity index (χ3v) is 3.74. The summed E-state index contributed by atoms with van der Waals surface area (Å²) >= 11 is 0. The summed E-state index contributed by atoms with van der Waals surface area (Å²) in [5, 5.41) is 9.30. The van der Waals surface area contributed by atoms with E-state index >= 15 is 0 Å². The molecule has 0 N–H and O–H groups in total. The normalized spacial score (nSPS) is 12.3. The first-order valence-electron chi connectivity index (χ1n) is 6.66. The second-order valence-electron chi connectivity index (χ2n) is 5.13. The van der Waals surface area contributed by atoms with Gasteiger partial charge in [0.05, 0.1) is 17.2 Å². The van der Waals surface area contributed by atoms with Crippen LogP contribution in [0.2, 0.25) is 0 Å². The molecule has 0 aliphatic heterocycles. The predicted octanol–water partition coefficient (Wildman–Crippen LogP) is 4.72. The molecule has 1 aromatic heterocycles. The molecular weight excluding hydrogens is 289 g/mol. The molecule has 0 unspecified atom stereocenters. The average Bonchev–Trinajstić information content (AvgIpc) is 2.71. The third kappa shape index (κ3) is 3.06. The van der Waals surface area contributed by atoms with Gasteiger partial charge >= 0.3 is 6.18 Å². The molecule has 1 heterocycles. The van der Waals surface area contributed by atoms with Crippen LogP contribution in [0, 0.1) is 25.2 Å². The van der Waals surface area contributed by atoms with E-state index in [0.717, 1.165) is 29.1 Å². The molecule has 0 saturated heterocycles. The molecule has 0 radical (unpaired) electrons. The minimum atomic E-state index is -4.42. The van der Waals surface area contributed by atoms with Gasteiger partial charge in [-0.1, -0.05) is 12.1 Å². The summed E-state index contributed by atoms with van der Waals surface area (Å²) in [7, 11) is 1.90. The van der Waals surface area contributed by atoms with Crippen molar-refractivity contribution in [2.24, 2.45) is 7.05 Å². The van der Waals surface area contributed by atoms with Gasteiger partial charge < -0.3 is 4.57 Å². The van der Waals surface area contributed by atoms with Crippen LogP contribution < -0.4 is 0 Å². The van der Waals surface area contributed by atoms with E-state index in [9.17, 15) is 18.4 Å². The molecule has 2 nitrogen and oxygen atoms in total. The predicted molar refractivity (Wildman–Crippen MR) is 79.8 cm³/mol. The zero-order valence-corrected chi connectivity index (χ0v) is 12.5. The smallest absolute Gasteiger partial charge is 0.352 e. The van der Waals surface area contributed by atoms with Gasteiger partial charge in [-0.25, -0.2) is 0 Å². The maximum atomic E-state index is 12.8. The Kier molecular flexibility index (Phi) is 4.14. The summed E-state index contributed by atoms with van der Waals surface area (Å²) in [4.78, 5) is 0. The van der Waals surface area contributed by atoms with Gasteiger partial charge in [0.1, 0.15) is 0 Å². The molecule has 5 heteroatoms. The number of aromatic nitrogens is 1. The Morgan fingerprint density at radius 3 is 2.41 bits per heavy atom. The minimum absolute atomic E-state index is 0.208. The van der Waals surface area contributed by atoms with Crippen molar-refractivity contribution < 1.29 is 13.2 Å². The van der Waals surface area contributed by atoms with E-state index in [4.69, 9.17) is 0 Å². The monoisotopic (exact) mass is 304 g/mol. The number of benzene rings is 1. The van der Waals surface area contributed by atoms with Gasteiger partial charge in [0.25, 0.3) is 0 Å². The van der Waals surface area contributed by atoms with Crippen LogP contribution >= 0.6 is 0 Å². The van der Waals surface area contributed by atoms with Gasteiger partial charge in [-0.3, -0.25) is 0 Å². The van der Waals surface area contributed by atoms with Crippen molar-refractivity contribution in [1.82, 2.24) is 4.57 Å². The van der Waals surface area contributed by atoms with Crippen LogP contribution in [-0.2, 0) is 13.2 Å². The summed E-state index contributed by atoms with van der Waals surface area (Å²) in [6, 6.07) is 8.71. The Labute approximate surface area is 127 Å². The van der Waals surface area contributed by atoms with E-state index < -0.39 is 11.7 Å². The van der Waals surface area contributed by atoms with Crippen LogP contribution in [-0.4, -0.2) is 4.57 Å². The van der Waals surface area contributed by atoms with Crippen molar-refractivity contribution in [3.05, 3.63) is 58.4 Å². The van der Waals surface area contributed by atoms with E-state index in [1.807, 2.05) is 37.6 Å². The maximum Gasteiger partial charge on any atom is 0.416 e. The third-order valence-electron chi connectivity index (χ3n) is 3.74. The Hall–Kier alpha value is -2.48. The molecule has 0 bridgehead atoms. The van der Waals surface area contributed by atoms with Gasteiger partial charge in [-0.2, -0.15) is 18.4 Å². The highest BCUT2D eigenvalue weighted by molar-refractivity contribution is 5.90. The second-order valence-corrected chi connectivity index (χ2v) is 5.13. The van der Waals surface area contributed by atoms with Crippen LogP contribution in [0.15, 0.2) is 30.3 Å². The highest BCUT2D eigenvalue weighted by atomic mass is 19.4. The molecule has 0 saturated carbocycles. The zero-order valence-electron chi connectivity index (χ0n) is 12.5. The lowest BCUT2D eigenvalue weighted by molar-refractivity contribution is -0.137. The first-order chi connectivity index (χ1) is 10.2. The van der Waals surface area contributed by atoms with E-state index in [2.05, 4.69) is 0 Å². The molecule has 0 amide bonds. The van der Waals surface area contributed by atoms with Crippen molar-refractivity contribution in [3.8, 4) is 6.07 Å². The SMILES string of the molecule is Cc1cc(/C=C(\C#N)c2cccc(C(F)(F)F)c2)c(C)n1C. The topological polar surface area (TPSA) is 28.7 Å². The molecule has 1 aromatic carbocycles. The lowest BCUT2D eigenvalue weighted by Crippen LogP contribution is -2.04.